The van der Waals surface area contributed by atoms with Crippen molar-refractivity contribution < 1.29 is 4.79 Å². The molecule has 116 valence electrons. The lowest BCUT2D eigenvalue weighted by atomic mass is 10.1. The molecule has 1 amide bonds. The van der Waals surface area contributed by atoms with Gasteiger partial charge in [0.15, 0.2) is 0 Å². The fourth-order valence-electron chi connectivity index (χ4n) is 2.02. The van der Waals surface area contributed by atoms with Crippen molar-refractivity contribution in [3.05, 3.63) is 71.3 Å². The molecule has 0 unspecified atom stereocenters. The summed E-state index contributed by atoms with van der Waals surface area (Å²) in [4.78, 5) is 12.0. The van der Waals surface area contributed by atoms with E-state index in [1.54, 1.807) is 0 Å². The first-order chi connectivity index (χ1) is 10.7. The number of carbonyl (C=O) groups excluding carboxylic acids is 1. The van der Waals surface area contributed by atoms with E-state index < -0.39 is 0 Å². The molecule has 0 spiro atoms. The van der Waals surface area contributed by atoms with Crippen molar-refractivity contribution in [1.29, 1.82) is 0 Å². The summed E-state index contributed by atoms with van der Waals surface area (Å²) in [5.74, 6) is 1.98. The molecule has 0 radical (unpaired) electrons. The van der Waals surface area contributed by atoms with Crippen LogP contribution in [0.3, 0.4) is 0 Å². The molecular weight excluding hydrogens is 290 g/mol. The summed E-state index contributed by atoms with van der Waals surface area (Å²) < 4.78 is 0. The van der Waals surface area contributed by atoms with Gasteiger partial charge in [0, 0.05) is 23.1 Å². The summed E-state index contributed by atoms with van der Waals surface area (Å²) in [6.07, 6.45) is 0.944. The molecule has 1 N–H and O–H groups in total. The Balaban J connectivity index is 1.83. The number of carbonyl (C=O) groups is 1. The molecule has 0 bridgehead atoms. The van der Waals surface area contributed by atoms with Crippen molar-refractivity contribution in [3.63, 3.8) is 0 Å². The SMILES string of the molecule is CC[C@@H](C)NC(=O)c1ccc(CSCc2ccccc2)cc1. The maximum absolute atomic E-state index is 12.0. The van der Waals surface area contributed by atoms with Gasteiger partial charge in [-0.2, -0.15) is 11.8 Å². The van der Waals surface area contributed by atoms with Gasteiger partial charge >= 0.3 is 0 Å². The van der Waals surface area contributed by atoms with Crippen LogP contribution in [0.5, 0.6) is 0 Å². The van der Waals surface area contributed by atoms with E-state index in [4.69, 9.17) is 0 Å². The standard InChI is InChI=1S/C19H23NOS/c1-3-15(2)20-19(21)18-11-9-17(10-12-18)14-22-13-16-7-5-4-6-8-16/h4-12,15H,3,13-14H2,1-2H3,(H,20,21)/t15-/m1/s1. The Morgan fingerprint density at radius 2 is 1.59 bits per heavy atom. The monoisotopic (exact) mass is 313 g/mol. The van der Waals surface area contributed by atoms with E-state index in [9.17, 15) is 4.79 Å². The third-order valence-corrected chi connectivity index (χ3v) is 4.66. The van der Waals surface area contributed by atoms with Crippen molar-refractivity contribution in [3.8, 4) is 0 Å². The normalized spacial score (nSPS) is 11.9. The van der Waals surface area contributed by atoms with Crippen molar-refractivity contribution in [2.75, 3.05) is 0 Å². The molecule has 0 aliphatic heterocycles. The van der Waals surface area contributed by atoms with Crippen LogP contribution in [0.2, 0.25) is 0 Å². The Morgan fingerprint density at radius 1 is 1.00 bits per heavy atom. The summed E-state index contributed by atoms with van der Waals surface area (Å²) in [7, 11) is 0. The third kappa shape index (κ3) is 5.23. The predicted molar refractivity (Wildman–Crippen MR) is 95.1 cm³/mol. The van der Waals surface area contributed by atoms with Gasteiger partial charge in [0.05, 0.1) is 0 Å². The number of amides is 1. The van der Waals surface area contributed by atoms with Gasteiger partial charge in [-0.3, -0.25) is 4.79 Å². The maximum atomic E-state index is 12.0. The zero-order chi connectivity index (χ0) is 15.8. The summed E-state index contributed by atoms with van der Waals surface area (Å²) in [6.45, 7) is 4.09. The van der Waals surface area contributed by atoms with Crippen LogP contribution in [0.1, 0.15) is 41.8 Å². The lowest BCUT2D eigenvalue weighted by molar-refractivity contribution is 0.0939. The van der Waals surface area contributed by atoms with E-state index in [0.29, 0.717) is 0 Å². The minimum Gasteiger partial charge on any atom is -0.350 e. The number of hydrogen-bond donors (Lipinski definition) is 1. The Hall–Kier alpha value is -1.74. The maximum Gasteiger partial charge on any atom is 0.251 e. The lowest BCUT2D eigenvalue weighted by Gasteiger charge is -2.11. The van der Waals surface area contributed by atoms with Crippen LogP contribution in [-0.2, 0) is 11.5 Å². The number of thioether (sulfide) groups is 1. The second-order valence-electron chi connectivity index (χ2n) is 5.46. The molecule has 2 aromatic rings. The number of benzene rings is 2. The van der Waals surface area contributed by atoms with Gasteiger partial charge in [-0.05, 0) is 36.6 Å². The number of hydrogen-bond acceptors (Lipinski definition) is 2. The van der Waals surface area contributed by atoms with Crippen LogP contribution in [0.25, 0.3) is 0 Å². The van der Waals surface area contributed by atoms with E-state index in [1.165, 1.54) is 11.1 Å². The third-order valence-electron chi connectivity index (χ3n) is 3.59. The highest BCUT2D eigenvalue weighted by Gasteiger charge is 2.08. The molecule has 1 atom stereocenters. The lowest BCUT2D eigenvalue weighted by Crippen LogP contribution is -2.31. The molecule has 0 aliphatic carbocycles. The first kappa shape index (κ1) is 16.6. The fraction of sp³-hybridized carbons (Fsp3) is 0.316. The van der Waals surface area contributed by atoms with Crippen molar-refractivity contribution in [2.24, 2.45) is 0 Å². The minimum atomic E-state index is 0.0119. The molecule has 0 heterocycles. The molecule has 0 saturated heterocycles. The first-order valence-corrected chi connectivity index (χ1v) is 8.86. The molecular formula is C19H23NOS. The summed E-state index contributed by atoms with van der Waals surface area (Å²) in [5, 5.41) is 2.99. The van der Waals surface area contributed by atoms with Gasteiger partial charge < -0.3 is 5.32 Å². The van der Waals surface area contributed by atoms with E-state index in [0.717, 1.165) is 23.5 Å². The van der Waals surface area contributed by atoms with Gasteiger partial charge in [-0.15, -0.1) is 0 Å². The van der Waals surface area contributed by atoms with Gasteiger partial charge in [0.2, 0.25) is 0 Å². The van der Waals surface area contributed by atoms with Gasteiger partial charge in [-0.25, -0.2) is 0 Å². The van der Waals surface area contributed by atoms with E-state index >= 15 is 0 Å². The number of nitrogens with one attached hydrogen (secondary N) is 1. The Kier molecular flexibility index (Phi) is 6.53. The molecule has 2 nitrogen and oxygen atoms in total. The highest BCUT2D eigenvalue weighted by molar-refractivity contribution is 7.97. The first-order valence-electron chi connectivity index (χ1n) is 7.70. The van der Waals surface area contributed by atoms with Crippen LogP contribution < -0.4 is 5.32 Å². The molecule has 0 aliphatic rings. The molecule has 2 aromatic carbocycles. The van der Waals surface area contributed by atoms with Crippen molar-refractivity contribution in [2.45, 2.75) is 37.8 Å². The smallest absolute Gasteiger partial charge is 0.251 e. The molecule has 0 fully saturated rings. The molecule has 0 saturated carbocycles. The zero-order valence-corrected chi connectivity index (χ0v) is 14.0. The predicted octanol–water partition coefficient (Wildman–Crippen LogP) is 4.65. The quantitative estimate of drug-likeness (QED) is 0.806. The van der Waals surface area contributed by atoms with E-state index in [1.807, 2.05) is 49.0 Å². The molecule has 22 heavy (non-hydrogen) atoms. The highest BCUT2D eigenvalue weighted by Crippen LogP contribution is 2.18. The van der Waals surface area contributed by atoms with E-state index in [2.05, 4.69) is 36.5 Å². The number of rotatable bonds is 7. The van der Waals surface area contributed by atoms with Gasteiger partial charge in [0.1, 0.15) is 0 Å². The average molecular weight is 313 g/mol. The second kappa shape index (κ2) is 8.64. The summed E-state index contributed by atoms with van der Waals surface area (Å²) >= 11 is 1.89. The van der Waals surface area contributed by atoms with Gasteiger partial charge in [0.25, 0.3) is 5.91 Å². The van der Waals surface area contributed by atoms with E-state index in [-0.39, 0.29) is 11.9 Å². The second-order valence-corrected chi connectivity index (χ2v) is 6.44. The summed E-state index contributed by atoms with van der Waals surface area (Å²) in [6, 6.07) is 18.6. The molecule has 3 heteroatoms. The summed E-state index contributed by atoms with van der Waals surface area (Å²) in [5.41, 5.74) is 3.33. The Morgan fingerprint density at radius 3 is 2.18 bits per heavy atom. The van der Waals surface area contributed by atoms with Crippen LogP contribution in [0.4, 0.5) is 0 Å². The van der Waals surface area contributed by atoms with Crippen LogP contribution in [-0.4, -0.2) is 11.9 Å². The fourth-order valence-corrected chi connectivity index (χ4v) is 2.98. The highest BCUT2D eigenvalue weighted by atomic mass is 32.2. The Bertz CT molecular complexity index is 580. The van der Waals surface area contributed by atoms with Gasteiger partial charge in [-0.1, -0.05) is 49.4 Å². The topological polar surface area (TPSA) is 29.1 Å². The van der Waals surface area contributed by atoms with Crippen LogP contribution in [0.15, 0.2) is 54.6 Å². The van der Waals surface area contributed by atoms with Crippen LogP contribution >= 0.6 is 11.8 Å². The molecule has 0 aromatic heterocycles. The minimum absolute atomic E-state index is 0.0119. The molecule has 2 rings (SSSR count). The van der Waals surface area contributed by atoms with Crippen molar-refractivity contribution >= 4 is 17.7 Å². The van der Waals surface area contributed by atoms with Crippen molar-refractivity contribution in [1.82, 2.24) is 5.32 Å². The largest absolute Gasteiger partial charge is 0.350 e. The Labute approximate surface area is 137 Å². The zero-order valence-electron chi connectivity index (χ0n) is 13.2. The average Bonchev–Trinajstić information content (AvgIpc) is 2.56. The van der Waals surface area contributed by atoms with Crippen LogP contribution in [0, 0.1) is 0 Å².